The van der Waals surface area contributed by atoms with E-state index in [1.54, 1.807) is 17.5 Å². The molecule has 0 aliphatic heterocycles. The molecule has 0 bridgehead atoms. The zero-order chi connectivity index (χ0) is 19.0. The number of hydrogen-bond acceptors (Lipinski definition) is 4. The first-order valence-electron chi connectivity index (χ1n) is 9.08. The molecule has 0 saturated carbocycles. The minimum Gasteiger partial charge on any atom is -0.350 e. The smallest absolute Gasteiger partial charge is 0.252 e. The number of fused-ring (bicyclic) bond motifs is 1. The summed E-state index contributed by atoms with van der Waals surface area (Å²) < 4.78 is 1.88. The van der Waals surface area contributed by atoms with Crippen LogP contribution in [0.15, 0.2) is 18.3 Å². The summed E-state index contributed by atoms with van der Waals surface area (Å²) >= 11 is 1.75. The van der Waals surface area contributed by atoms with E-state index in [2.05, 4.69) is 51.1 Å². The van der Waals surface area contributed by atoms with Gasteiger partial charge >= 0.3 is 0 Å². The molecule has 3 heterocycles. The topological polar surface area (TPSA) is 59.8 Å². The average molecular weight is 371 g/mol. The number of carbonyl (C=O) groups excluding carboxylic acids is 1. The number of nitrogens with zero attached hydrogens (tertiary/aromatic N) is 3. The van der Waals surface area contributed by atoms with Crippen LogP contribution in [0.3, 0.4) is 0 Å². The number of aromatic nitrogens is 3. The summed E-state index contributed by atoms with van der Waals surface area (Å²) in [6.07, 6.45) is 2.64. The first kappa shape index (κ1) is 18.6. The van der Waals surface area contributed by atoms with E-state index in [1.165, 1.54) is 9.75 Å². The Morgan fingerprint density at radius 2 is 2.00 bits per heavy atom. The third-order valence-corrected chi connectivity index (χ3v) is 5.57. The van der Waals surface area contributed by atoms with Gasteiger partial charge in [-0.3, -0.25) is 4.79 Å². The van der Waals surface area contributed by atoms with Crippen LogP contribution in [0.25, 0.3) is 22.3 Å². The van der Waals surface area contributed by atoms with Crippen molar-refractivity contribution in [2.24, 2.45) is 0 Å². The Morgan fingerprint density at radius 1 is 1.27 bits per heavy atom. The highest BCUT2D eigenvalue weighted by Gasteiger charge is 2.20. The lowest BCUT2D eigenvalue weighted by Crippen LogP contribution is -2.32. The molecule has 0 aromatic carbocycles. The Bertz CT molecular complexity index is 954. The van der Waals surface area contributed by atoms with Crippen molar-refractivity contribution in [1.82, 2.24) is 20.1 Å². The predicted molar refractivity (Wildman–Crippen MR) is 108 cm³/mol. The third-order valence-electron chi connectivity index (χ3n) is 4.61. The molecule has 3 rings (SSSR count). The first-order chi connectivity index (χ1) is 12.3. The van der Waals surface area contributed by atoms with E-state index in [0.29, 0.717) is 5.56 Å². The quantitative estimate of drug-likeness (QED) is 0.696. The molecule has 26 heavy (non-hydrogen) atoms. The van der Waals surface area contributed by atoms with Gasteiger partial charge in [-0.25, -0.2) is 9.67 Å². The second-order valence-electron chi connectivity index (χ2n) is 7.08. The maximum absolute atomic E-state index is 12.9. The molecule has 0 saturated heterocycles. The van der Waals surface area contributed by atoms with Crippen molar-refractivity contribution in [3.05, 3.63) is 33.6 Å². The van der Waals surface area contributed by atoms with Crippen LogP contribution < -0.4 is 5.32 Å². The molecule has 1 N–H and O–H groups in total. The van der Waals surface area contributed by atoms with Crippen LogP contribution in [-0.4, -0.2) is 26.7 Å². The van der Waals surface area contributed by atoms with Crippen LogP contribution in [0, 0.1) is 13.8 Å². The highest BCUT2D eigenvalue weighted by atomic mass is 32.1. The van der Waals surface area contributed by atoms with E-state index in [4.69, 9.17) is 4.98 Å². The van der Waals surface area contributed by atoms with Crippen molar-refractivity contribution in [2.45, 2.75) is 60.0 Å². The van der Waals surface area contributed by atoms with Gasteiger partial charge in [0, 0.05) is 27.4 Å². The van der Waals surface area contributed by atoms with E-state index in [9.17, 15) is 4.79 Å². The van der Waals surface area contributed by atoms with Gasteiger partial charge in [0.05, 0.1) is 22.8 Å². The molecule has 0 unspecified atom stereocenters. The summed E-state index contributed by atoms with van der Waals surface area (Å²) in [5, 5.41) is 8.35. The number of rotatable bonds is 5. The van der Waals surface area contributed by atoms with Gasteiger partial charge < -0.3 is 5.32 Å². The minimum atomic E-state index is -0.0686. The van der Waals surface area contributed by atoms with Gasteiger partial charge in [-0.15, -0.1) is 11.3 Å². The molecule has 3 aromatic heterocycles. The highest BCUT2D eigenvalue weighted by molar-refractivity contribution is 7.12. The van der Waals surface area contributed by atoms with Crippen molar-refractivity contribution >= 4 is 28.3 Å². The van der Waals surface area contributed by atoms with Gasteiger partial charge in [0.2, 0.25) is 0 Å². The van der Waals surface area contributed by atoms with Gasteiger partial charge in [0.25, 0.3) is 5.91 Å². The standard InChI is InChI=1S/C20H26N4OS/c1-7-12(4)22-20(25)16-9-18(15-8-13(5)26-14(15)6)23-19-17(16)10-21-24(19)11(2)3/h8-12H,7H2,1-6H3,(H,22,25)/t12-/m1/s1. The Balaban J connectivity index is 2.22. The van der Waals surface area contributed by atoms with Crippen molar-refractivity contribution in [3.63, 3.8) is 0 Å². The van der Waals surface area contributed by atoms with Crippen LogP contribution in [0.1, 0.15) is 60.3 Å². The largest absolute Gasteiger partial charge is 0.350 e. The maximum Gasteiger partial charge on any atom is 0.252 e. The second kappa shape index (κ2) is 7.19. The maximum atomic E-state index is 12.9. The van der Waals surface area contributed by atoms with E-state index in [-0.39, 0.29) is 18.0 Å². The normalized spacial score (nSPS) is 12.7. The minimum absolute atomic E-state index is 0.0686. The van der Waals surface area contributed by atoms with Gasteiger partial charge in [-0.1, -0.05) is 6.92 Å². The molecule has 5 nitrogen and oxygen atoms in total. The molecule has 138 valence electrons. The number of nitrogens with one attached hydrogen (secondary N) is 1. The fraction of sp³-hybridized carbons (Fsp3) is 0.450. The summed E-state index contributed by atoms with van der Waals surface area (Å²) in [7, 11) is 0. The molecule has 6 heteroatoms. The fourth-order valence-corrected chi connectivity index (χ4v) is 3.94. The summed E-state index contributed by atoms with van der Waals surface area (Å²) in [6.45, 7) is 12.4. The van der Waals surface area contributed by atoms with Crippen molar-refractivity contribution in [3.8, 4) is 11.3 Å². The summed E-state index contributed by atoms with van der Waals surface area (Å²) in [5.74, 6) is -0.0686. The van der Waals surface area contributed by atoms with E-state index in [1.807, 2.05) is 17.7 Å². The number of hydrogen-bond donors (Lipinski definition) is 1. The molecule has 0 fully saturated rings. The first-order valence-corrected chi connectivity index (χ1v) is 9.90. The van der Waals surface area contributed by atoms with Gasteiger partial charge in [0.15, 0.2) is 5.65 Å². The lowest BCUT2D eigenvalue weighted by molar-refractivity contribution is 0.0941. The number of amides is 1. The Hall–Kier alpha value is -2.21. The number of aryl methyl sites for hydroxylation is 2. The molecule has 0 aliphatic rings. The number of pyridine rings is 1. The molecule has 1 atom stereocenters. The van der Waals surface area contributed by atoms with Crippen molar-refractivity contribution < 1.29 is 4.79 Å². The molecule has 0 aliphatic carbocycles. The van der Waals surface area contributed by atoms with E-state index >= 15 is 0 Å². The lowest BCUT2D eigenvalue weighted by Gasteiger charge is -2.14. The van der Waals surface area contributed by atoms with Crippen molar-refractivity contribution in [1.29, 1.82) is 0 Å². The zero-order valence-corrected chi connectivity index (χ0v) is 17.1. The average Bonchev–Trinajstić information content (AvgIpc) is 3.16. The summed E-state index contributed by atoms with van der Waals surface area (Å²) in [5.41, 5.74) is 3.31. The molecular weight excluding hydrogens is 344 g/mol. The highest BCUT2D eigenvalue weighted by Crippen LogP contribution is 2.32. The number of carbonyl (C=O) groups is 1. The second-order valence-corrected chi connectivity index (χ2v) is 8.55. The fourth-order valence-electron chi connectivity index (χ4n) is 3.01. The SMILES string of the molecule is CC[C@@H](C)NC(=O)c1cc(-c2cc(C)sc2C)nc2c1cnn2C(C)C. The molecular formula is C20H26N4OS. The van der Waals surface area contributed by atoms with Crippen LogP contribution in [0.5, 0.6) is 0 Å². The van der Waals surface area contributed by atoms with Gasteiger partial charge in [0.1, 0.15) is 0 Å². The Morgan fingerprint density at radius 3 is 2.58 bits per heavy atom. The lowest BCUT2D eigenvalue weighted by atomic mass is 10.1. The monoisotopic (exact) mass is 370 g/mol. The summed E-state index contributed by atoms with van der Waals surface area (Å²) in [6, 6.07) is 4.34. The summed E-state index contributed by atoms with van der Waals surface area (Å²) in [4.78, 5) is 20.2. The van der Waals surface area contributed by atoms with Crippen LogP contribution in [0.4, 0.5) is 0 Å². The zero-order valence-electron chi connectivity index (χ0n) is 16.3. The van der Waals surface area contributed by atoms with Crippen molar-refractivity contribution in [2.75, 3.05) is 0 Å². The van der Waals surface area contributed by atoms with E-state index < -0.39 is 0 Å². The third kappa shape index (κ3) is 3.38. The predicted octanol–water partition coefficient (Wildman–Crippen LogP) is 4.89. The van der Waals surface area contributed by atoms with Gasteiger partial charge in [-0.05, 0) is 53.2 Å². The number of thiophene rings is 1. The van der Waals surface area contributed by atoms with Gasteiger partial charge in [-0.2, -0.15) is 5.10 Å². The molecule has 3 aromatic rings. The molecule has 1 amide bonds. The van der Waals surface area contributed by atoms with Crippen LogP contribution >= 0.6 is 11.3 Å². The molecule has 0 spiro atoms. The van der Waals surface area contributed by atoms with Crippen LogP contribution in [-0.2, 0) is 0 Å². The van der Waals surface area contributed by atoms with E-state index in [0.717, 1.165) is 28.7 Å². The van der Waals surface area contributed by atoms with Crippen LogP contribution in [0.2, 0.25) is 0 Å². The Labute approximate surface area is 158 Å². The molecule has 0 radical (unpaired) electrons. The Kier molecular flexibility index (Phi) is 5.14.